The zero-order chi connectivity index (χ0) is 13.5. The first-order valence-electron chi connectivity index (χ1n) is 7.03. The van der Waals surface area contributed by atoms with E-state index in [1.165, 1.54) is 16.9 Å². The lowest BCUT2D eigenvalue weighted by molar-refractivity contribution is 0.537. The van der Waals surface area contributed by atoms with Gasteiger partial charge in [-0.3, -0.25) is 0 Å². The molecule has 1 aromatic carbocycles. The van der Waals surface area contributed by atoms with Crippen LogP contribution in [0.5, 0.6) is 0 Å². The van der Waals surface area contributed by atoms with E-state index < -0.39 is 0 Å². The molecule has 0 radical (unpaired) electrons. The second kappa shape index (κ2) is 7.85. The van der Waals surface area contributed by atoms with Gasteiger partial charge in [0, 0.05) is 22.7 Å². The molecule has 0 aliphatic carbocycles. The van der Waals surface area contributed by atoms with Crippen LogP contribution in [0, 0.1) is 0 Å². The Hall–Kier alpha value is -0.470. The summed E-state index contributed by atoms with van der Waals surface area (Å²) in [7, 11) is 0. The molecule has 0 aromatic heterocycles. The molecule has 18 heavy (non-hydrogen) atoms. The topological polar surface area (TPSA) is 12.0 Å². The van der Waals surface area contributed by atoms with Crippen LogP contribution >= 0.6 is 11.8 Å². The van der Waals surface area contributed by atoms with Crippen LogP contribution in [-0.4, -0.2) is 17.8 Å². The van der Waals surface area contributed by atoms with Crippen molar-refractivity contribution in [3.8, 4) is 0 Å². The number of rotatable bonds is 7. The predicted molar refractivity (Wildman–Crippen MR) is 83.6 cm³/mol. The first kappa shape index (κ1) is 15.6. The Kier molecular flexibility index (Phi) is 6.80. The van der Waals surface area contributed by atoms with Crippen LogP contribution in [0.3, 0.4) is 0 Å². The Morgan fingerprint density at radius 2 is 1.67 bits per heavy atom. The smallest absolute Gasteiger partial charge is 0.0191 e. The molecule has 0 saturated heterocycles. The molecule has 1 nitrogen and oxygen atoms in total. The number of nitrogens with one attached hydrogen (secondary N) is 1. The lowest BCUT2D eigenvalue weighted by Crippen LogP contribution is -2.30. The van der Waals surface area contributed by atoms with Gasteiger partial charge in [-0.1, -0.05) is 39.8 Å². The molecular formula is C16H27NS. The maximum Gasteiger partial charge on any atom is 0.0191 e. The summed E-state index contributed by atoms with van der Waals surface area (Å²) < 4.78 is 0. The van der Waals surface area contributed by atoms with Gasteiger partial charge in [0.2, 0.25) is 0 Å². The van der Waals surface area contributed by atoms with E-state index >= 15 is 0 Å². The first-order chi connectivity index (χ1) is 8.52. The summed E-state index contributed by atoms with van der Waals surface area (Å²) >= 11 is 1.95. The van der Waals surface area contributed by atoms with E-state index in [0.717, 1.165) is 6.54 Å². The second-order valence-corrected chi connectivity index (χ2v) is 6.88. The highest BCUT2D eigenvalue weighted by atomic mass is 32.2. The summed E-state index contributed by atoms with van der Waals surface area (Å²) in [6, 6.07) is 9.62. The van der Waals surface area contributed by atoms with Crippen LogP contribution in [0.1, 0.15) is 52.5 Å². The van der Waals surface area contributed by atoms with Gasteiger partial charge in [0.05, 0.1) is 0 Å². The minimum Gasteiger partial charge on any atom is -0.313 e. The quantitative estimate of drug-likeness (QED) is 0.718. The van der Waals surface area contributed by atoms with Crippen LogP contribution in [-0.2, 0) is 0 Å². The fraction of sp³-hybridized carbons (Fsp3) is 0.625. The summed E-state index contributed by atoms with van der Waals surface area (Å²) in [6.07, 6.45) is 1.19. The molecule has 1 N–H and O–H groups in total. The summed E-state index contributed by atoms with van der Waals surface area (Å²) in [4.78, 5) is 1.37. The number of hydrogen-bond donors (Lipinski definition) is 1. The summed E-state index contributed by atoms with van der Waals surface area (Å²) in [5.41, 5.74) is 1.42. The maximum absolute atomic E-state index is 3.56. The molecule has 0 spiro atoms. The largest absolute Gasteiger partial charge is 0.313 e. The third kappa shape index (κ3) is 5.45. The number of thioether (sulfide) groups is 1. The maximum atomic E-state index is 3.56. The van der Waals surface area contributed by atoms with E-state index in [1.54, 1.807) is 0 Å². The van der Waals surface area contributed by atoms with Crippen molar-refractivity contribution in [2.45, 2.75) is 63.1 Å². The van der Waals surface area contributed by atoms with Gasteiger partial charge in [0.15, 0.2) is 0 Å². The lowest BCUT2D eigenvalue weighted by Gasteiger charge is -2.16. The summed E-state index contributed by atoms with van der Waals surface area (Å²) in [5.74, 6) is 0.619. The van der Waals surface area contributed by atoms with Crippen molar-refractivity contribution in [2.75, 3.05) is 6.54 Å². The molecule has 1 aromatic rings. The Morgan fingerprint density at radius 1 is 1.06 bits per heavy atom. The van der Waals surface area contributed by atoms with Crippen LogP contribution < -0.4 is 5.32 Å². The minimum absolute atomic E-state index is 0.615. The van der Waals surface area contributed by atoms with Gasteiger partial charge in [0.1, 0.15) is 0 Å². The van der Waals surface area contributed by atoms with E-state index in [-0.39, 0.29) is 0 Å². The highest BCUT2D eigenvalue weighted by Gasteiger charge is 2.06. The van der Waals surface area contributed by atoms with E-state index in [2.05, 4.69) is 64.2 Å². The van der Waals surface area contributed by atoms with Crippen LogP contribution in [0.25, 0.3) is 0 Å². The second-order valence-electron chi connectivity index (χ2n) is 5.37. The van der Waals surface area contributed by atoms with Crippen molar-refractivity contribution >= 4 is 11.8 Å². The summed E-state index contributed by atoms with van der Waals surface area (Å²) in [6.45, 7) is 12.3. The molecule has 0 heterocycles. The van der Waals surface area contributed by atoms with Crippen LogP contribution in [0.15, 0.2) is 29.2 Å². The third-order valence-electron chi connectivity index (χ3n) is 3.25. The number of benzene rings is 1. The van der Waals surface area contributed by atoms with Crippen molar-refractivity contribution in [1.29, 1.82) is 0 Å². The van der Waals surface area contributed by atoms with Crippen molar-refractivity contribution in [2.24, 2.45) is 0 Å². The van der Waals surface area contributed by atoms with Crippen LogP contribution in [0.4, 0.5) is 0 Å². The molecule has 0 fully saturated rings. The van der Waals surface area contributed by atoms with Gasteiger partial charge < -0.3 is 5.32 Å². The Balaban J connectivity index is 2.42. The van der Waals surface area contributed by atoms with Gasteiger partial charge in [0.25, 0.3) is 0 Å². The Bertz CT molecular complexity index is 331. The Labute approximate surface area is 117 Å². The van der Waals surface area contributed by atoms with E-state index in [9.17, 15) is 0 Å². The lowest BCUT2D eigenvalue weighted by atomic mass is 10.0. The molecule has 0 aliphatic rings. The Morgan fingerprint density at radius 3 is 2.17 bits per heavy atom. The van der Waals surface area contributed by atoms with Gasteiger partial charge >= 0.3 is 0 Å². The highest BCUT2D eigenvalue weighted by Crippen LogP contribution is 2.25. The number of hydrogen-bond acceptors (Lipinski definition) is 2. The van der Waals surface area contributed by atoms with Crippen molar-refractivity contribution in [3.05, 3.63) is 29.8 Å². The molecule has 102 valence electrons. The molecule has 0 saturated carbocycles. The van der Waals surface area contributed by atoms with Crippen molar-refractivity contribution in [1.82, 2.24) is 5.32 Å². The molecule has 2 heteroatoms. The molecular weight excluding hydrogens is 238 g/mol. The molecule has 2 unspecified atom stereocenters. The normalized spacial score (nSPS) is 14.8. The van der Waals surface area contributed by atoms with Crippen molar-refractivity contribution in [3.63, 3.8) is 0 Å². The highest BCUT2D eigenvalue weighted by molar-refractivity contribution is 8.00. The zero-order valence-electron chi connectivity index (χ0n) is 12.4. The fourth-order valence-corrected chi connectivity index (χ4v) is 2.65. The van der Waals surface area contributed by atoms with Gasteiger partial charge in [-0.15, -0.1) is 11.8 Å². The standard InChI is InChI=1S/C16H27NS/c1-6-13(4)17-11-14(5)18-16-9-7-15(8-10-16)12(2)3/h7-10,12-14,17H,6,11H2,1-5H3. The zero-order valence-corrected chi connectivity index (χ0v) is 13.2. The third-order valence-corrected chi connectivity index (χ3v) is 4.36. The molecule has 0 aliphatic heterocycles. The average molecular weight is 265 g/mol. The molecule has 1 rings (SSSR count). The van der Waals surface area contributed by atoms with Gasteiger partial charge in [-0.2, -0.15) is 0 Å². The predicted octanol–water partition coefficient (Wildman–Crippen LogP) is 4.68. The molecule has 2 atom stereocenters. The van der Waals surface area contributed by atoms with Gasteiger partial charge in [-0.05, 0) is 37.0 Å². The molecule has 0 amide bonds. The SMILES string of the molecule is CCC(C)NCC(C)Sc1ccc(C(C)C)cc1. The van der Waals surface area contributed by atoms with E-state index in [4.69, 9.17) is 0 Å². The van der Waals surface area contributed by atoms with Crippen LogP contribution in [0.2, 0.25) is 0 Å². The van der Waals surface area contributed by atoms with E-state index in [0.29, 0.717) is 17.2 Å². The minimum atomic E-state index is 0.615. The summed E-state index contributed by atoms with van der Waals surface area (Å²) in [5, 5.41) is 4.18. The van der Waals surface area contributed by atoms with Gasteiger partial charge in [-0.25, -0.2) is 0 Å². The molecule has 0 bridgehead atoms. The average Bonchev–Trinajstić information content (AvgIpc) is 2.36. The first-order valence-corrected chi connectivity index (χ1v) is 7.90. The fourth-order valence-electron chi connectivity index (χ4n) is 1.72. The van der Waals surface area contributed by atoms with Crippen molar-refractivity contribution < 1.29 is 0 Å². The van der Waals surface area contributed by atoms with E-state index in [1.807, 2.05) is 11.8 Å². The monoisotopic (exact) mass is 265 g/mol.